The fraction of sp³-hybridized carbons (Fsp3) is 0.143. The highest BCUT2D eigenvalue weighted by Gasteiger charge is 2.07. The van der Waals surface area contributed by atoms with E-state index < -0.39 is 0 Å². The second-order valence-corrected chi connectivity index (χ2v) is 4.00. The Kier molecular flexibility index (Phi) is 3.37. The van der Waals surface area contributed by atoms with E-state index in [1.54, 1.807) is 36.2 Å². The van der Waals surface area contributed by atoms with E-state index in [-0.39, 0.29) is 11.6 Å². The van der Waals surface area contributed by atoms with Gasteiger partial charge in [-0.1, -0.05) is 6.07 Å². The monoisotopic (exact) mass is 244 g/mol. The van der Waals surface area contributed by atoms with Crippen molar-refractivity contribution < 1.29 is 9.18 Å². The molecule has 0 saturated heterocycles. The van der Waals surface area contributed by atoms with Gasteiger partial charge in [0.25, 0.3) is 0 Å². The number of carbonyl (C=O) groups is 1. The molecule has 1 aromatic carbocycles. The third-order valence-corrected chi connectivity index (χ3v) is 2.69. The summed E-state index contributed by atoms with van der Waals surface area (Å²) in [6.07, 6.45) is 1.52. The quantitative estimate of drug-likeness (QED) is 0.777. The van der Waals surface area contributed by atoms with Crippen LogP contribution in [0.25, 0.3) is 0 Å². The topological polar surface area (TPSA) is 33.2 Å². The molecule has 0 aliphatic heterocycles. The summed E-state index contributed by atoms with van der Waals surface area (Å²) in [4.78, 5) is 17.1. The summed E-state index contributed by atoms with van der Waals surface area (Å²) in [7, 11) is 1.80. The Morgan fingerprint density at radius 3 is 2.61 bits per heavy atom. The normalized spacial score (nSPS) is 10.2. The molecule has 0 spiro atoms. The maximum atomic E-state index is 13.1. The van der Waals surface area contributed by atoms with Gasteiger partial charge in [0.15, 0.2) is 5.78 Å². The first-order valence-corrected chi connectivity index (χ1v) is 5.54. The van der Waals surface area contributed by atoms with Gasteiger partial charge in [0.1, 0.15) is 11.6 Å². The minimum Gasteiger partial charge on any atom is -0.329 e. The van der Waals surface area contributed by atoms with Crippen LogP contribution in [0.2, 0.25) is 0 Å². The number of benzene rings is 1. The SMILES string of the molecule is CC(=O)c1ccc(N(C)c2cccc(F)c2)nc1. The van der Waals surface area contributed by atoms with Crippen molar-refractivity contribution in [2.75, 3.05) is 11.9 Å². The zero-order valence-corrected chi connectivity index (χ0v) is 10.2. The number of halogens is 1. The van der Waals surface area contributed by atoms with Crippen molar-refractivity contribution in [2.24, 2.45) is 0 Å². The molecule has 4 heteroatoms. The Hall–Kier alpha value is -2.23. The average Bonchev–Trinajstić information content (AvgIpc) is 2.38. The highest BCUT2D eigenvalue weighted by atomic mass is 19.1. The third kappa shape index (κ3) is 2.53. The largest absolute Gasteiger partial charge is 0.329 e. The van der Waals surface area contributed by atoms with Gasteiger partial charge in [0.2, 0.25) is 0 Å². The molecule has 2 rings (SSSR count). The molecular weight excluding hydrogens is 231 g/mol. The van der Waals surface area contributed by atoms with Crippen LogP contribution >= 0.6 is 0 Å². The van der Waals surface area contributed by atoms with Crippen molar-refractivity contribution in [1.29, 1.82) is 0 Å². The molecule has 0 aliphatic rings. The van der Waals surface area contributed by atoms with Crippen LogP contribution in [0.5, 0.6) is 0 Å². The van der Waals surface area contributed by atoms with E-state index in [2.05, 4.69) is 4.98 Å². The van der Waals surface area contributed by atoms with Crippen LogP contribution in [-0.4, -0.2) is 17.8 Å². The number of nitrogens with zero attached hydrogens (tertiary/aromatic N) is 2. The van der Waals surface area contributed by atoms with Crippen LogP contribution in [0.1, 0.15) is 17.3 Å². The summed E-state index contributed by atoms with van der Waals surface area (Å²) in [6.45, 7) is 1.49. The van der Waals surface area contributed by atoms with Gasteiger partial charge in [0, 0.05) is 24.5 Å². The van der Waals surface area contributed by atoms with Crippen LogP contribution in [-0.2, 0) is 0 Å². The van der Waals surface area contributed by atoms with Gasteiger partial charge in [-0.05, 0) is 37.3 Å². The van der Waals surface area contributed by atoms with E-state index >= 15 is 0 Å². The van der Waals surface area contributed by atoms with Gasteiger partial charge >= 0.3 is 0 Å². The minimum absolute atomic E-state index is 0.0255. The lowest BCUT2D eigenvalue weighted by Crippen LogP contribution is -2.11. The molecule has 0 N–H and O–H groups in total. The summed E-state index contributed by atoms with van der Waals surface area (Å²) in [6, 6.07) is 9.71. The van der Waals surface area contributed by atoms with Crippen molar-refractivity contribution in [3.8, 4) is 0 Å². The van der Waals surface area contributed by atoms with Gasteiger partial charge in [0.05, 0.1) is 0 Å². The predicted molar refractivity (Wildman–Crippen MR) is 68.7 cm³/mol. The second kappa shape index (κ2) is 4.96. The number of hydrogen-bond donors (Lipinski definition) is 0. The van der Waals surface area contributed by atoms with Gasteiger partial charge < -0.3 is 4.90 Å². The third-order valence-electron chi connectivity index (χ3n) is 2.69. The van der Waals surface area contributed by atoms with Crippen molar-refractivity contribution in [3.05, 3.63) is 54.0 Å². The van der Waals surface area contributed by atoms with Crippen LogP contribution in [0.3, 0.4) is 0 Å². The molecule has 18 heavy (non-hydrogen) atoms. The van der Waals surface area contributed by atoms with E-state index in [1.165, 1.54) is 25.3 Å². The van der Waals surface area contributed by atoms with Crippen LogP contribution in [0.4, 0.5) is 15.9 Å². The van der Waals surface area contributed by atoms with Crippen molar-refractivity contribution in [3.63, 3.8) is 0 Å². The smallest absolute Gasteiger partial charge is 0.161 e. The number of Topliss-reactive ketones (excluding diaryl/α,β-unsaturated/α-hetero) is 1. The van der Waals surface area contributed by atoms with Crippen molar-refractivity contribution >= 4 is 17.3 Å². The molecule has 92 valence electrons. The van der Waals surface area contributed by atoms with Gasteiger partial charge in [-0.25, -0.2) is 9.37 Å². The Morgan fingerprint density at radius 1 is 1.28 bits per heavy atom. The Labute approximate surface area is 105 Å². The molecule has 1 heterocycles. The number of rotatable bonds is 3. The average molecular weight is 244 g/mol. The fourth-order valence-electron chi connectivity index (χ4n) is 1.61. The van der Waals surface area contributed by atoms with Crippen LogP contribution in [0.15, 0.2) is 42.6 Å². The summed E-state index contributed by atoms with van der Waals surface area (Å²) >= 11 is 0. The number of carbonyl (C=O) groups excluding carboxylic acids is 1. The van der Waals surface area contributed by atoms with Gasteiger partial charge in [-0.3, -0.25) is 4.79 Å². The van der Waals surface area contributed by atoms with E-state index in [0.717, 1.165) is 0 Å². The molecule has 0 saturated carbocycles. The van der Waals surface area contributed by atoms with Gasteiger partial charge in [-0.15, -0.1) is 0 Å². The summed E-state index contributed by atoms with van der Waals surface area (Å²) in [5.41, 5.74) is 1.27. The van der Waals surface area contributed by atoms with E-state index in [9.17, 15) is 9.18 Å². The number of pyridine rings is 1. The van der Waals surface area contributed by atoms with Gasteiger partial charge in [-0.2, -0.15) is 0 Å². The molecule has 0 atom stereocenters. The predicted octanol–water partition coefficient (Wildman–Crippen LogP) is 3.19. The van der Waals surface area contributed by atoms with E-state index in [1.807, 2.05) is 0 Å². The molecule has 0 radical (unpaired) electrons. The first-order chi connectivity index (χ1) is 8.58. The summed E-state index contributed by atoms with van der Waals surface area (Å²) in [5.74, 6) is 0.341. The Morgan fingerprint density at radius 2 is 2.06 bits per heavy atom. The lowest BCUT2D eigenvalue weighted by molar-refractivity contribution is 0.101. The van der Waals surface area contributed by atoms with Crippen molar-refractivity contribution in [2.45, 2.75) is 6.92 Å². The molecule has 0 amide bonds. The first-order valence-electron chi connectivity index (χ1n) is 5.54. The molecule has 1 aromatic heterocycles. The lowest BCUT2D eigenvalue weighted by atomic mass is 10.2. The number of aromatic nitrogens is 1. The standard InChI is InChI=1S/C14H13FN2O/c1-10(18)11-6-7-14(16-9-11)17(2)13-5-3-4-12(15)8-13/h3-9H,1-2H3. The Bertz CT molecular complexity index is 566. The minimum atomic E-state index is -0.292. The number of anilines is 2. The summed E-state index contributed by atoms with van der Waals surface area (Å²) in [5, 5.41) is 0. The zero-order chi connectivity index (χ0) is 13.1. The van der Waals surface area contributed by atoms with E-state index in [4.69, 9.17) is 0 Å². The van der Waals surface area contributed by atoms with E-state index in [0.29, 0.717) is 17.1 Å². The number of ketones is 1. The highest BCUT2D eigenvalue weighted by Crippen LogP contribution is 2.22. The van der Waals surface area contributed by atoms with Crippen molar-refractivity contribution in [1.82, 2.24) is 4.98 Å². The van der Waals surface area contributed by atoms with Crippen LogP contribution < -0.4 is 4.90 Å². The first kappa shape index (κ1) is 12.2. The Balaban J connectivity index is 2.28. The molecule has 0 unspecified atom stereocenters. The summed E-state index contributed by atoms with van der Waals surface area (Å²) < 4.78 is 13.1. The maximum absolute atomic E-state index is 13.1. The second-order valence-electron chi connectivity index (χ2n) is 4.00. The molecular formula is C14H13FN2O. The highest BCUT2D eigenvalue weighted by molar-refractivity contribution is 5.93. The fourth-order valence-corrected chi connectivity index (χ4v) is 1.61. The molecule has 3 nitrogen and oxygen atoms in total. The van der Waals surface area contributed by atoms with Crippen LogP contribution in [0, 0.1) is 5.82 Å². The zero-order valence-electron chi connectivity index (χ0n) is 10.2. The maximum Gasteiger partial charge on any atom is 0.161 e. The molecule has 0 fully saturated rings. The number of hydrogen-bond acceptors (Lipinski definition) is 3. The molecule has 2 aromatic rings. The molecule has 0 aliphatic carbocycles. The lowest BCUT2D eigenvalue weighted by Gasteiger charge is -2.18. The molecule has 0 bridgehead atoms.